The summed E-state index contributed by atoms with van der Waals surface area (Å²) in [6.07, 6.45) is 0.708. The standard InChI is InChI=1S/C27H22F4O2/c1-32-16-18-3-6-19(7-4-18)21-11-12-23-22(15-21)10-9-20(26(23)29)8-2-17-5-13-25(24(28)14-17)33-27(30)31/h3-7,9-15,27H,2,8,16H2,1H3. The average molecular weight is 454 g/mol. The molecule has 0 N–H and O–H groups in total. The fourth-order valence-electron chi connectivity index (χ4n) is 3.84. The Bertz CT molecular complexity index is 1250. The fraction of sp³-hybridized carbons (Fsp3) is 0.185. The maximum atomic E-state index is 15.1. The molecule has 0 fully saturated rings. The Morgan fingerprint density at radius 2 is 1.48 bits per heavy atom. The molecule has 4 rings (SSSR count). The summed E-state index contributed by atoms with van der Waals surface area (Å²) in [4.78, 5) is 0. The number of alkyl halides is 2. The molecule has 0 radical (unpaired) electrons. The van der Waals surface area contributed by atoms with Crippen molar-refractivity contribution in [1.29, 1.82) is 0 Å². The molecule has 0 aromatic heterocycles. The second-order valence-corrected chi connectivity index (χ2v) is 7.75. The molecule has 33 heavy (non-hydrogen) atoms. The van der Waals surface area contributed by atoms with Crippen molar-refractivity contribution in [2.24, 2.45) is 0 Å². The van der Waals surface area contributed by atoms with E-state index in [0.29, 0.717) is 36.0 Å². The van der Waals surface area contributed by atoms with Crippen molar-refractivity contribution in [2.75, 3.05) is 7.11 Å². The maximum Gasteiger partial charge on any atom is 0.387 e. The van der Waals surface area contributed by atoms with Gasteiger partial charge in [0, 0.05) is 12.5 Å². The predicted molar refractivity (Wildman–Crippen MR) is 120 cm³/mol. The molecule has 0 atom stereocenters. The molecule has 4 aromatic carbocycles. The smallest absolute Gasteiger partial charge is 0.387 e. The van der Waals surface area contributed by atoms with Gasteiger partial charge in [-0.15, -0.1) is 0 Å². The molecule has 0 unspecified atom stereocenters. The lowest BCUT2D eigenvalue weighted by atomic mass is 9.97. The quantitative estimate of drug-likeness (QED) is 0.260. The first-order valence-electron chi connectivity index (χ1n) is 10.5. The fourth-order valence-corrected chi connectivity index (χ4v) is 3.84. The van der Waals surface area contributed by atoms with Gasteiger partial charge in [-0.2, -0.15) is 8.78 Å². The van der Waals surface area contributed by atoms with Crippen molar-refractivity contribution in [3.63, 3.8) is 0 Å². The molecule has 0 heterocycles. The topological polar surface area (TPSA) is 18.5 Å². The van der Waals surface area contributed by atoms with Crippen molar-refractivity contribution in [2.45, 2.75) is 26.1 Å². The molecule has 0 spiro atoms. The largest absolute Gasteiger partial charge is 0.432 e. The lowest BCUT2D eigenvalue weighted by Gasteiger charge is -2.10. The molecule has 0 aliphatic carbocycles. The lowest BCUT2D eigenvalue weighted by Crippen LogP contribution is -2.04. The van der Waals surface area contributed by atoms with E-state index in [-0.39, 0.29) is 5.82 Å². The van der Waals surface area contributed by atoms with Crippen LogP contribution >= 0.6 is 0 Å². The Morgan fingerprint density at radius 3 is 2.18 bits per heavy atom. The first-order chi connectivity index (χ1) is 15.9. The average Bonchev–Trinajstić information content (AvgIpc) is 2.80. The molecule has 0 saturated carbocycles. The highest BCUT2D eigenvalue weighted by atomic mass is 19.3. The minimum atomic E-state index is -3.09. The van der Waals surface area contributed by atoms with Crippen LogP contribution in [-0.4, -0.2) is 13.7 Å². The van der Waals surface area contributed by atoms with Crippen molar-refractivity contribution in [3.8, 4) is 16.9 Å². The normalized spacial score (nSPS) is 11.3. The summed E-state index contributed by atoms with van der Waals surface area (Å²) in [5, 5.41) is 1.30. The van der Waals surface area contributed by atoms with Crippen molar-refractivity contribution >= 4 is 10.8 Å². The third kappa shape index (κ3) is 5.34. The van der Waals surface area contributed by atoms with E-state index in [9.17, 15) is 13.2 Å². The molecule has 0 aliphatic rings. The van der Waals surface area contributed by atoms with Crippen LogP contribution in [0.1, 0.15) is 16.7 Å². The SMILES string of the molecule is COCc1ccc(-c2ccc3c(F)c(CCc4ccc(OC(F)F)c(F)c4)ccc3c2)cc1. The monoisotopic (exact) mass is 454 g/mol. The molecule has 4 aromatic rings. The van der Waals surface area contributed by atoms with Crippen molar-refractivity contribution < 1.29 is 27.0 Å². The highest BCUT2D eigenvalue weighted by Gasteiger charge is 2.12. The molecule has 6 heteroatoms. The first-order valence-corrected chi connectivity index (χ1v) is 10.5. The van der Waals surface area contributed by atoms with Crippen LogP contribution in [0.15, 0.2) is 72.8 Å². The number of halogens is 4. The molecule has 2 nitrogen and oxygen atoms in total. The van der Waals surface area contributed by atoms with Gasteiger partial charge >= 0.3 is 6.61 Å². The van der Waals surface area contributed by atoms with Gasteiger partial charge in [-0.3, -0.25) is 0 Å². The number of ether oxygens (including phenoxy) is 2. The second-order valence-electron chi connectivity index (χ2n) is 7.75. The molecular formula is C27H22F4O2. The zero-order valence-electron chi connectivity index (χ0n) is 18.0. The van der Waals surface area contributed by atoms with Crippen molar-refractivity contribution in [3.05, 3.63) is 101 Å². The summed E-state index contributed by atoms with van der Waals surface area (Å²) >= 11 is 0. The minimum Gasteiger partial charge on any atom is -0.432 e. The number of fused-ring (bicyclic) bond motifs is 1. The van der Waals surface area contributed by atoms with Crippen LogP contribution in [0.2, 0.25) is 0 Å². The van der Waals surface area contributed by atoms with E-state index in [1.165, 1.54) is 6.07 Å². The predicted octanol–water partition coefficient (Wildman–Crippen LogP) is 7.32. The van der Waals surface area contributed by atoms with Gasteiger partial charge in [-0.1, -0.05) is 54.6 Å². The number of rotatable bonds is 8. The van der Waals surface area contributed by atoms with E-state index >= 15 is 4.39 Å². The van der Waals surface area contributed by atoms with E-state index in [0.717, 1.165) is 34.2 Å². The van der Waals surface area contributed by atoms with Crippen LogP contribution < -0.4 is 4.74 Å². The number of hydrogen-bond acceptors (Lipinski definition) is 2. The molecule has 0 saturated heterocycles. The van der Waals surface area contributed by atoms with Crippen LogP contribution in [0.4, 0.5) is 17.6 Å². The van der Waals surface area contributed by atoms with Gasteiger partial charge in [0.1, 0.15) is 5.82 Å². The van der Waals surface area contributed by atoms with Crippen LogP contribution in [0.3, 0.4) is 0 Å². The Morgan fingerprint density at radius 1 is 0.758 bits per heavy atom. The Balaban J connectivity index is 1.51. The zero-order valence-corrected chi connectivity index (χ0v) is 18.0. The molecule has 0 bridgehead atoms. The summed E-state index contributed by atoms with van der Waals surface area (Å²) < 4.78 is 62.9. The number of benzene rings is 4. The summed E-state index contributed by atoms with van der Waals surface area (Å²) in [5.74, 6) is -1.68. The van der Waals surface area contributed by atoms with E-state index < -0.39 is 18.2 Å². The van der Waals surface area contributed by atoms with Gasteiger partial charge < -0.3 is 9.47 Å². The van der Waals surface area contributed by atoms with Gasteiger partial charge in [0.05, 0.1) is 6.61 Å². The Hall–Kier alpha value is -3.38. The molecule has 0 aliphatic heterocycles. The van der Waals surface area contributed by atoms with Gasteiger partial charge in [-0.25, -0.2) is 8.78 Å². The zero-order chi connectivity index (χ0) is 23.4. The third-order valence-corrected chi connectivity index (χ3v) is 5.53. The van der Waals surface area contributed by atoms with Gasteiger partial charge in [-0.05, 0) is 64.2 Å². The first kappa shape index (κ1) is 22.8. The lowest BCUT2D eigenvalue weighted by molar-refractivity contribution is -0.0522. The van der Waals surface area contributed by atoms with Crippen LogP contribution in [-0.2, 0) is 24.2 Å². The molecular weight excluding hydrogens is 432 g/mol. The van der Waals surface area contributed by atoms with Gasteiger partial charge in [0.15, 0.2) is 11.6 Å². The highest BCUT2D eigenvalue weighted by Crippen LogP contribution is 2.29. The summed E-state index contributed by atoms with van der Waals surface area (Å²) in [5.41, 5.74) is 4.17. The Kier molecular flexibility index (Phi) is 6.94. The molecule has 0 amide bonds. The van der Waals surface area contributed by atoms with E-state index in [2.05, 4.69) is 4.74 Å². The van der Waals surface area contributed by atoms with Crippen LogP contribution in [0.25, 0.3) is 21.9 Å². The summed E-state index contributed by atoms with van der Waals surface area (Å²) in [7, 11) is 1.65. The van der Waals surface area contributed by atoms with E-state index in [1.54, 1.807) is 19.2 Å². The summed E-state index contributed by atoms with van der Waals surface area (Å²) in [6.45, 7) is -2.54. The van der Waals surface area contributed by atoms with Crippen LogP contribution in [0.5, 0.6) is 5.75 Å². The Labute approximate surface area is 189 Å². The third-order valence-electron chi connectivity index (χ3n) is 5.53. The van der Waals surface area contributed by atoms with E-state index in [1.807, 2.05) is 42.5 Å². The van der Waals surface area contributed by atoms with E-state index in [4.69, 9.17) is 4.74 Å². The van der Waals surface area contributed by atoms with Gasteiger partial charge in [0.25, 0.3) is 0 Å². The number of aryl methyl sites for hydroxylation is 2. The maximum absolute atomic E-state index is 15.1. The van der Waals surface area contributed by atoms with Crippen molar-refractivity contribution in [1.82, 2.24) is 0 Å². The van der Waals surface area contributed by atoms with Crippen LogP contribution in [0, 0.1) is 11.6 Å². The number of methoxy groups -OCH3 is 1. The second kappa shape index (κ2) is 10.0. The van der Waals surface area contributed by atoms with Gasteiger partial charge in [0.2, 0.25) is 0 Å². The summed E-state index contributed by atoms with van der Waals surface area (Å²) in [6, 6.07) is 21.0. The number of hydrogen-bond donors (Lipinski definition) is 0. The highest BCUT2D eigenvalue weighted by molar-refractivity contribution is 5.88. The minimum absolute atomic E-state index is 0.312. The molecule has 170 valence electrons.